The predicted octanol–water partition coefficient (Wildman–Crippen LogP) is 3.23. The lowest BCUT2D eigenvalue weighted by atomic mass is 10.2. The molecule has 0 bridgehead atoms. The van der Waals surface area contributed by atoms with Crippen molar-refractivity contribution in [3.05, 3.63) is 42.2 Å². The number of halogens is 5. The second kappa shape index (κ2) is 9.34. The monoisotopic (exact) mass is 457 g/mol. The van der Waals surface area contributed by atoms with Crippen molar-refractivity contribution in [2.45, 2.75) is 31.6 Å². The lowest BCUT2D eigenvalue weighted by Gasteiger charge is -2.15. The Kier molecular flexibility index (Phi) is 6.77. The number of fused-ring (bicyclic) bond motifs is 1. The van der Waals surface area contributed by atoms with Gasteiger partial charge in [0.1, 0.15) is 17.9 Å². The Bertz CT molecular complexity index is 1100. The molecule has 1 amide bonds. The van der Waals surface area contributed by atoms with Crippen LogP contribution in [0.15, 0.2) is 36.7 Å². The number of aromatic nitrogens is 3. The maximum absolute atomic E-state index is 12.8. The number of carbonyl (C=O) groups is 1. The van der Waals surface area contributed by atoms with Gasteiger partial charge in [0.2, 0.25) is 12.4 Å². The number of rotatable bonds is 9. The lowest BCUT2D eigenvalue weighted by Crippen LogP contribution is -2.31. The summed E-state index contributed by atoms with van der Waals surface area (Å²) in [5, 5.41) is 6.06. The molecule has 1 aromatic carbocycles. The van der Waals surface area contributed by atoms with Gasteiger partial charge in [-0.2, -0.15) is 18.2 Å². The molecule has 0 saturated heterocycles. The molecule has 2 aromatic heterocycles. The highest BCUT2D eigenvalue weighted by Crippen LogP contribution is 2.30. The molecule has 8 nitrogen and oxygen atoms in total. The average molecular weight is 457 g/mol. The van der Waals surface area contributed by atoms with Gasteiger partial charge in [0.05, 0.1) is 5.52 Å². The zero-order valence-electron chi connectivity index (χ0n) is 16.5. The first kappa shape index (κ1) is 23.2. The van der Waals surface area contributed by atoms with Gasteiger partial charge in [0.25, 0.3) is 5.91 Å². The second-order valence-electron chi connectivity index (χ2n) is 7.01. The fourth-order valence-electron chi connectivity index (χ4n) is 3.07. The van der Waals surface area contributed by atoms with Crippen LogP contribution in [0.5, 0.6) is 0 Å². The highest BCUT2D eigenvalue weighted by molar-refractivity contribution is 6.00. The molecule has 1 atom stereocenters. The van der Waals surface area contributed by atoms with Gasteiger partial charge < -0.3 is 26.7 Å². The van der Waals surface area contributed by atoms with E-state index in [9.17, 15) is 26.7 Å². The normalized spacial score (nSPS) is 12.8. The summed E-state index contributed by atoms with van der Waals surface area (Å²) in [6.07, 6.45) is -5.03. The van der Waals surface area contributed by atoms with Crippen LogP contribution in [0.4, 0.5) is 39.4 Å². The van der Waals surface area contributed by atoms with E-state index >= 15 is 0 Å². The first-order chi connectivity index (χ1) is 15.0. The molecular formula is C19H20F5N7O. The third-order valence-corrected chi connectivity index (χ3v) is 4.47. The van der Waals surface area contributed by atoms with E-state index < -0.39 is 37.5 Å². The molecule has 0 aliphatic rings. The summed E-state index contributed by atoms with van der Waals surface area (Å²) in [5.74, 6) is -0.840. The molecule has 6 N–H and O–H groups in total. The molecular weight excluding hydrogens is 437 g/mol. The maximum Gasteiger partial charge on any atom is 0.406 e. The lowest BCUT2D eigenvalue weighted by molar-refractivity contribution is -0.139. The van der Waals surface area contributed by atoms with Gasteiger partial charge in [-0.15, -0.1) is 0 Å². The number of anilines is 3. The minimum absolute atomic E-state index is 0.00373. The minimum atomic E-state index is -4.40. The van der Waals surface area contributed by atoms with E-state index in [1.54, 1.807) is 12.1 Å². The molecule has 2 heterocycles. The smallest absolute Gasteiger partial charge is 0.365 e. The molecule has 0 aliphatic heterocycles. The van der Waals surface area contributed by atoms with Gasteiger partial charge in [0.15, 0.2) is 0 Å². The van der Waals surface area contributed by atoms with E-state index in [1.807, 2.05) is 0 Å². The third kappa shape index (κ3) is 5.81. The fraction of sp³-hybridized carbons (Fsp3) is 0.316. The predicted molar refractivity (Wildman–Crippen MR) is 109 cm³/mol. The van der Waals surface area contributed by atoms with Crippen molar-refractivity contribution < 1.29 is 26.7 Å². The number of hydrogen-bond acceptors (Lipinski definition) is 6. The number of carbonyl (C=O) groups excluding carboxylic acids is 1. The van der Waals surface area contributed by atoms with E-state index in [-0.39, 0.29) is 23.9 Å². The quantitative estimate of drug-likeness (QED) is 0.366. The van der Waals surface area contributed by atoms with Gasteiger partial charge in [-0.3, -0.25) is 4.79 Å². The standard InChI is InChI=1S/C19H20F5N7O/c20-15(21)6-10(25)7-27-18-28-8-12(16(26)32)17(30-18)29-13-2-1-3-14-11(13)4-5-31(14)9-19(22,23)24/h1-5,8,10,15H,6-7,9,25H2,(H2,26,32)(H2,27,28,29,30)/t10-/m0/s1. The number of nitrogens with one attached hydrogen (secondary N) is 2. The van der Waals surface area contributed by atoms with E-state index in [4.69, 9.17) is 11.5 Å². The first-order valence-corrected chi connectivity index (χ1v) is 9.39. The zero-order valence-corrected chi connectivity index (χ0v) is 16.5. The van der Waals surface area contributed by atoms with Gasteiger partial charge in [-0.25, -0.2) is 13.8 Å². The fourth-order valence-corrected chi connectivity index (χ4v) is 3.07. The summed E-state index contributed by atoms with van der Waals surface area (Å²) in [6, 6.07) is 5.31. The highest BCUT2D eigenvalue weighted by Gasteiger charge is 2.28. The SMILES string of the molecule is NC(=O)c1cnc(NC[C@@H](N)CC(F)F)nc1Nc1cccc2c1ccn2CC(F)(F)F. The van der Waals surface area contributed by atoms with Gasteiger partial charge in [-0.1, -0.05) is 6.07 Å². The van der Waals surface area contributed by atoms with E-state index in [1.165, 1.54) is 18.3 Å². The number of nitrogens with zero attached hydrogens (tertiary/aromatic N) is 3. The number of benzene rings is 1. The van der Waals surface area contributed by atoms with E-state index in [0.29, 0.717) is 16.6 Å². The summed E-state index contributed by atoms with van der Waals surface area (Å²) in [4.78, 5) is 19.9. The molecule has 3 aromatic rings. The molecule has 0 aliphatic carbocycles. The average Bonchev–Trinajstić information content (AvgIpc) is 3.08. The van der Waals surface area contributed by atoms with Crippen LogP contribution in [-0.2, 0) is 6.54 Å². The molecule has 3 rings (SSSR count). The van der Waals surface area contributed by atoms with Gasteiger partial charge >= 0.3 is 6.18 Å². The van der Waals surface area contributed by atoms with E-state index in [2.05, 4.69) is 20.6 Å². The Labute approximate surface area is 178 Å². The topological polar surface area (TPSA) is 124 Å². The number of hydrogen-bond donors (Lipinski definition) is 4. The molecule has 13 heteroatoms. The van der Waals surface area contributed by atoms with Crippen LogP contribution < -0.4 is 22.1 Å². The van der Waals surface area contributed by atoms with Crippen molar-refractivity contribution in [2.75, 3.05) is 17.2 Å². The molecule has 0 saturated carbocycles. The maximum atomic E-state index is 12.8. The van der Waals surface area contributed by atoms with Crippen molar-refractivity contribution in [1.29, 1.82) is 0 Å². The van der Waals surface area contributed by atoms with Crippen LogP contribution in [0.2, 0.25) is 0 Å². The molecule has 32 heavy (non-hydrogen) atoms. The van der Waals surface area contributed by atoms with Gasteiger partial charge in [-0.05, 0) is 18.2 Å². The van der Waals surface area contributed by atoms with Crippen LogP contribution in [-0.4, -0.2) is 45.6 Å². The van der Waals surface area contributed by atoms with Crippen LogP contribution in [0, 0.1) is 0 Å². The molecule has 0 unspecified atom stereocenters. The number of nitrogens with two attached hydrogens (primary N) is 2. The van der Waals surface area contributed by atoms with Crippen LogP contribution in [0.25, 0.3) is 10.9 Å². The molecule has 0 fully saturated rings. The third-order valence-electron chi connectivity index (χ3n) is 4.47. The van der Waals surface area contributed by atoms with Gasteiger partial charge in [0, 0.05) is 42.5 Å². The largest absolute Gasteiger partial charge is 0.406 e. The van der Waals surface area contributed by atoms with Crippen molar-refractivity contribution in [3.8, 4) is 0 Å². The summed E-state index contributed by atoms with van der Waals surface area (Å²) in [5.41, 5.74) is 11.6. The first-order valence-electron chi connectivity index (χ1n) is 9.39. The number of alkyl halides is 5. The summed E-state index contributed by atoms with van der Waals surface area (Å²) < 4.78 is 64.3. The Balaban J connectivity index is 1.88. The Morgan fingerprint density at radius 3 is 2.62 bits per heavy atom. The zero-order chi connectivity index (χ0) is 23.5. The van der Waals surface area contributed by atoms with Crippen LogP contribution >= 0.6 is 0 Å². The molecule has 0 spiro atoms. The highest BCUT2D eigenvalue weighted by atomic mass is 19.4. The van der Waals surface area contributed by atoms with Crippen LogP contribution in [0.1, 0.15) is 16.8 Å². The number of amides is 1. The Hall–Kier alpha value is -3.48. The minimum Gasteiger partial charge on any atom is -0.365 e. The van der Waals surface area contributed by atoms with Crippen molar-refractivity contribution in [2.24, 2.45) is 11.5 Å². The number of primary amides is 1. The second-order valence-corrected chi connectivity index (χ2v) is 7.01. The Morgan fingerprint density at radius 2 is 1.97 bits per heavy atom. The molecule has 0 radical (unpaired) electrons. The summed E-state index contributed by atoms with van der Waals surface area (Å²) in [7, 11) is 0. The summed E-state index contributed by atoms with van der Waals surface area (Å²) >= 11 is 0. The van der Waals surface area contributed by atoms with Crippen molar-refractivity contribution in [1.82, 2.24) is 14.5 Å². The van der Waals surface area contributed by atoms with Crippen molar-refractivity contribution >= 4 is 34.3 Å². The van der Waals surface area contributed by atoms with E-state index in [0.717, 1.165) is 10.8 Å². The molecule has 172 valence electrons. The van der Waals surface area contributed by atoms with Crippen molar-refractivity contribution in [3.63, 3.8) is 0 Å². The van der Waals surface area contributed by atoms with Crippen LogP contribution in [0.3, 0.4) is 0 Å². The Morgan fingerprint density at radius 1 is 1.22 bits per heavy atom. The summed E-state index contributed by atoms with van der Waals surface area (Å²) in [6.45, 7) is -1.21.